The van der Waals surface area contributed by atoms with Gasteiger partial charge in [0.05, 0.1) is 29.5 Å². The number of aromatic nitrogens is 2. The van der Waals surface area contributed by atoms with Crippen molar-refractivity contribution in [3.63, 3.8) is 0 Å². The van der Waals surface area contributed by atoms with E-state index in [1.165, 1.54) is 12.1 Å². The van der Waals surface area contributed by atoms with E-state index in [0.29, 0.717) is 30.2 Å². The van der Waals surface area contributed by atoms with Crippen LogP contribution < -0.4 is 9.47 Å². The summed E-state index contributed by atoms with van der Waals surface area (Å²) in [5, 5.41) is 7.71. The van der Waals surface area contributed by atoms with Gasteiger partial charge in [0, 0.05) is 11.6 Å². The summed E-state index contributed by atoms with van der Waals surface area (Å²) >= 11 is 5.80. The van der Waals surface area contributed by atoms with Crippen molar-refractivity contribution in [1.29, 1.82) is 0 Å². The highest BCUT2D eigenvalue weighted by atomic mass is 35.5. The first kappa shape index (κ1) is 21.3. The van der Waals surface area contributed by atoms with Gasteiger partial charge in [0.1, 0.15) is 0 Å². The molecule has 0 fully saturated rings. The van der Waals surface area contributed by atoms with Gasteiger partial charge in [-0.1, -0.05) is 44.4 Å². The first-order valence-corrected chi connectivity index (χ1v) is 9.25. The van der Waals surface area contributed by atoms with Crippen molar-refractivity contribution in [2.24, 2.45) is 0 Å². The standard InChI is InChI=1S/C19H22ClF3N2O2/c1-3-5-9-26-17-12-16(24-25-18(17)27-10-6-4-2)13-7-8-14(15(20)11-13)19(21,22)23/h7-8,11-12H,3-6,9-10H2,1-2H3. The van der Waals surface area contributed by atoms with Gasteiger partial charge in [0.15, 0.2) is 5.75 Å². The Morgan fingerprint density at radius 2 is 1.63 bits per heavy atom. The molecule has 0 spiro atoms. The van der Waals surface area contributed by atoms with E-state index in [1.54, 1.807) is 6.07 Å². The van der Waals surface area contributed by atoms with Gasteiger partial charge in [-0.15, -0.1) is 10.2 Å². The van der Waals surface area contributed by atoms with E-state index >= 15 is 0 Å². The maximum Gasteiger partial charge on any atom is 0.417 e. The second-order valence-corrected chi connectivity index (χ2v) is 6.40. The predicted octanol–water partition coefficient (Wildman–Crippen LogP) is 6.17. The number of benzene rings is 1. The molecule has 0 radical (unpaired) electrons. The Hall–Kier alpha value is -2.02. The third-order valence-electron chi connectivity index (χ3n) is 3.79. The topological polar surface area (TPSA) is 44.2 Å². The van der Waals surface area contributed by atoms with Crippen LogP contribution in [0, 0.1) is 0 Å². The molecule has 1 aromatic carbocycles. The summed E-state index contributed by atoms with van der Waals surface area (Å²) in [4.78, 5) is 0. The molecule has 1 heterocycles. The summed E-state index contributed by atoms with van der Waals surface area (Å²) in [6.07, 6.45) is -0.843. The molecule has 27 heavy (non-hydrogen) atoms. The highest BCUT2D eigenvalue weighted by Crippen LogP contribution is 2.37. The minimum Gasteiger partial charge on any atom is -0.488 e. The molecule has 2 aromatic rings. The molecular weight excluding hydrogens is 381 g/mol. The van der Waals surface area contributed by atoms with E-state index in [1.807, 2.05) is 13.8 Å². The highest BCUT2D eigenvalue weighted by molar-refractivity contribution is 6.31. The van der Waals surface area contributed by atoms with Crippen molar-refractivity contribution in [1.82, 2.24) is 10.2 Å². The van der Waals surface area contributed by atoms with Gasteiger partial charge < -0.3 is 9.47 Å². The number of nitrogens with zero attached hydrogens (tertiary/aromatic N) is 2. The molecule has 0 atom stereocenters. The molecule has 2 rings (SSSR count). The van der Waals surface area contributed by atoms with Crippen molar-refractivity contribution < 1.29 is 22.6 Å². The van der Waals surface area contributed by atoms with Crippen LogP contribution in [0.1, 0.15) is 45.1 Å². The third-order valence-corrected chi connectivity index (χ3v) is 4.10. The fourth-order valence-electron chi connectivity index (χ4n) is 2.25. The molecule has 0 bridgehead atoms. The van der Waals surface area contributed by atoms with Crippen molar-refractivity contribution in [2.45, 2.75) is 45.7 Å². The van der Waals surface area contributed by atoms with E-state index in [2.05, 4.69) is 10.2 Å². The lowest BCUT2D eigenvalue weighted by Gasteiger charge is -2.13. The van der Waals surface area contributed by atoms with Gasteiger partial charge in [0.25, 0.3) is 5.88 Å². The number of unbranched alkanes of at least 4 members (excludes halogenated alkanes) is 2. The van der Waals surface area contributed by atoms with Gasteiger partial charge in [-0.05, 0) is 25.0 Å². The average molecular weight is 403 g/mol. The fraction of sp³-hybridized carbons (Fsp3) is 0.474. The van der Waals surface area contributed by atoms with Gasteiger partial charge >= 0.3 is 6.18 Å². The second-order valence-electron chi connectivity index (χ2n) is 6.00. The van der Waals surface area contributed by atoms with Crippen LogP contribution in [0.25, 0.3) is 11.3 Å². The lowest BCUT2D eigenvalue weighted by atomic mass is 10.1. The number of alkyl halides is 3. The van der Waals surface area contributed by atoms with Crippen LogP contribution in [0.5, 0.6) is 11.6 Å². The second kappa shape index (κ2) is 9.78. The Kier molecular flexibility index (Phi) is 7.71. The lowest BCUT2D eigenvalue weighted by molar-refractivity contribution is -0.137. The maximum absolute atomic E-state index is 12.9. The molecule has 0 saturated carbocycles. The van der Waals surface area contributed by atoms with E-state index in [-0.39, 0.29) is 5.88 Å². The smallest absolute Gasteiger partial charge is 0.417 e. The largest absolute Gasteiger partial charge is 0.488 e. The molecule has 4 nitrogen and oxygen atoms in total. The van der Waals surface area contributed by atoms with Gasteiger partial charge in [-0.25, -0.2) is 0 Å². The maximum atomic E-state index is 12.9. The molecule has 0 N–H and O–H groups in total. The van der Waals surface area contributed by atoms with Crippen molar-refractivity contribution in [2.75, 3.05) is 13.2 Å². The zero-order valence-electron chi connectivity index (χ0n) is 15.3. The molecule has 0 aliphatic heterocycles. The fourth-order valence-corrected chi connectivity index (χ4v) is 2.54. The SMILES string of the molecule is CCCCOc1cc(-c2ccc(C(F)(F)F)c(Cl)c2)nnc1OCCCC. The first-order chi connectivity index (χ1) is 12.9. The van der Waals surface area contributed by atoms with Gasteiger partial charge in [-0.3, -0.25) is 0 Å². The van der Waals surface area contributed by atoms with Crippen LogP contribution in [0.3, 0.4) is 0 Å². The van der Waals surface area contributed by atoms with E-state index < -0.39 is 16.8 Å². The molecule has 0 aliphatic carbocycles. The molecule has 0 unspecified atom stereocenters. The number of rotatable bonds is 9. The molecular formula is C19H22ClF3N2O2. The Labute approximate surface area is 161 Å². The number of hydrogen-bond acceptors (Lipinski definition) is 4. The summed E-state index contributed by atoms with van der Waals surface area (Å²) < 4.78 is 50.0. The third kappa shape index (κ3) is 5.99. The zero-order chi connectivity index (χ0) is 19.9. The quantitative estimate of drug-likeness (QED) is 0.470. The Morgan fingerprint density at radius 1 is 0.963 bits per heavy atom. The summed E-state index contributed by atoms with van der Waals surface area (Å²) in [6.45, 7) is 5.06. The Morgan fingerprint density at radius 3 is 2.22 bits per heavy atom. The molecule has 148 valence electrons. The summed E-state index contributed by atoms with van der Waals surface area (Å²) in [6, 6.07) is 5.08. The molecule has 0 amide bonds. The van der Waals surface area contributed by atoms with Crippen LogP contribution in [0.15, 0.2) is 24.3 Å². The normalized spacial score (nSPS) is 11.5. The minimum atomic E-state index is -4.51. The van der Waals surface area contributed by atoms with E-state index in [9.17, 15) is 13.2 Å². The number of halogens is 4. The van der Waals surface area contributed by atoms with Crippen LogP contribution in [-0.4, -0.2) is 23.4 Å². The van der Waals surface area contributed by atoms with Crippen LogP contribution >= 0.6 is 11.6 Å². The molecule has 0 saturated heterocycles. The van der Waals surface area contributed by atoms with Gasteiger partial charge in [-0.2, -0.15) is 13.2 Å². The lowest BCUT2D eigenvalue weighted by Crippen LogP contribution is -2.07. The summed E-state index contributed by atoms with van der Waals surface area (Å²) in [7, 11) is 0. The van der Waals surface area contributed by atoms with Gasteiger partial charge in [0.2, 0.25) is 0 Å². The highest BCUT2D eigenvalue weighted by Gasteiger charge is 2.33. The Bertz CT molecular complexity index is 754. The average Bonchev–Trinajstić information content (AvgIpc) is 2.62. The van der Waals surface area contributed by atoms with Crippen LogP contribution in [-0.2, 0) is 6.18 Å². The van der Waals surface area contributed by atoms with E-state index in [0.717, 1.165) is 31.7 Å². The zero-order valence-corrected chi connectivity index (χ0v) is 16.0. The molecule has 8 heteroatoms. The Balaban J connectivity index is 2.30. The monoisotopic (exact) mass is 402 g/mol. The van der Waals surface area contributed by atoms with E-state index in [4.69, 9.17) is 21.1 Å². The van der Waals surface area contributed by atoms with Crippen LogP contribution in [0.4, 0.5) is 13.2 Å². The van der Waals surface area contributed by atoms with Crippen molar-refractivity contribution >= 4 is 11.6 Å². The van der Waals surface area contributed by atoms with Crippen LogP contribution in [0.2, 0.25) is 5.02 Å². The molecule has 0 aliphatic rings. The number of ether oxygens (including phenoxy) is 2. The minimum absolute atomic E-state index is 0.279. The predicted molar refractivity (Wildman–Crippen MR) is 98.3 cm³/mol. The first-order valence-electron chi connectivity index (χ1n) is 8.87. The summed E-state index contributed by atoms with van der Waals surface area (Å²) in [5.41, 5.74) is -0.110. The van der Waals surface area contributed by atoms with Crippen molar-refractivity contribution in [3.05, 3.63) is 34.9 Å². The summed E-state index contributed by atoms with van der Waals surface area (Å²) in [5.74, 6) is 0.696. The number of hydrogen-bond donors (Lipinski definition) is 0. The van der Waals surface area contributed by atoms with Crippen molar-refractivity contribution in [3.8, 4) is 22.9 Å². The molecule has 1 aromatic heterocycles.